The minimum absolute atomic E-state index is 0.345. The molecule has 0 saturated heterocycles. The van der Waals surface area contributed by atoms with Crippen LogP contribution in [0.25, 0.3) is 0 Å². The van der Waals surface area contributed by atoms with Crippen molar-refractivity contribution < 1.29 is 15.0 Å². The maximum Gasteiger partial charge on any atom is 0.303 e. The van der Waals surface area contributed by atoms with Crippen molar-refractivity contribution >= 4 is 5.97 Å². The van der Waals surface area contributed by atoms with Gasteiger partial charge in [-0.2, -0.15) is 0 Å². The molecule has 1 atom stereocenters. The summed E-state index contributed by atoms with van der Waals surface area (Å²) in [6.07, 6.45) is 21.8. The van der Waals surface area contributed by atoms with Crippen LogP contribution < -0.4 is 5.73 Å². The van der Waals surface area contributed by atoms with Crippen LogP contribution in [0.15, 0.2) is 0 Å². The van der Waals surface area contributed by atoms with Gasteiger partial charge in [0.15, 0.2) is 0 Å². The van der Waals surface area contributed by atoms with E-state index in [9.17, 15) is 4.79 Å². The molecule has 0 bridgehead atoms. The Labute approximate surface area is 169 Å². The molecule has 0 aromatic carbocycles. The third-order valence-corrected chi connectivity index (χ3v) is 4.75. The van der Waals surface area contributed by atoms with Crippen molar-refractivity contribution in [1.82, 2.24) is 0 Å². The second-order valence-electron chi connectivity index (χ2n) is 8.20. The summed E-state index contributed by atoms with van der Waals surface area (Å²) in [5.41, 5.74) is 4.25. The highest BCUT2D eigenvalue weighted by atomic mass is 16.4. The number of carboxylic acid groups (broad SMARTS) is 1. The number of carbonyl (C=O) groups is 1. The summed E-state index contributed by atoms with van der Waals surface area (Å²) in [4.78, 5) is 10.3. The van der Waals surface area contributed by atoms with E-state index in [1.54, 1.807) is 6.92 Å². The van der Waals surface area contributed by atoms with Gasteiger partial charge in [0.25, 0.3) is 0 Å². The Hall–Kier alpha value is -0.610. The van der Waals surface area contributed by atoms with Gasteiger partial charge in [0.2, 0.25) is 0 Å². The summed E-state index contributed by atoms with van der Waals surface area (Å²) in [6.45, 7) is 5.87. The molecule has 164 valence electrons. The summed E-state index contributed by atoms with van der Waals surface area (Å²) >= 11 is 0. The molecule has 0 fully saturated rings. The summed E-state index contributed by atoms with van der Waals surface area (Å²) in [5, 5.41) is 17.3. The van der Waals surface area contributed by atoms with Gasteiger partial charge >= 0.3 is 5.97 Å². The minimum Gasteiger partial charge on any atom is -0.481 e. The van der Waals surface area contributed by atoms with Crippen LogP contribution >= 0.6 is 0 Å². The topological polar surface area (TPSA) is 83.5 Å². The minimum atomic E-state index is -0.950. The number of carboxylic acids is 1. The van der Waals surface area contributed by atoms with E-state index in [0.717, 1.165) is 19.3 Å². The molecule has 0 radical (unpaired) electrons. The monoisotopic (exact) mass is 387 g/mol. The third kappa shape index (κ3) is 33.4. The van der Waals surface area contributed by atoms with E-state index in [1.807, 2.05) is 6.92 Å². The first-order valence-electron chi connectivity index (χ1n) is 11.6. The van der Waals surface area contributed by atoms with Gasteiger partial charge in [0.1, 0.15) is 5.72 Å². The predicted molar refractivity (Wildman–Crippen MR) is 117 cm³/mol. The Kier molecular flexibility index (Phi) is 23.0. The van der Waals surface area contributed by atoms with Crippen molar-refractivity contribution in [3.63, 3.8) is 0 Å². The molecule has 0 aromatic rings. The maximum absolute atomic E-state index is 10.3. The highest BCUT2D eigenvalue weighted by Crippen LogP contribution is 2.13. The second-order valence-corrected chi connectivity index (χ2v) is 8.20. The zero-order valence-corrected chi connectivity index (χ0v) is 18.6. The standard InChI is InChI=1S/C18H36O2.C5H13NO/c1-2-3-4-5-6-7-8-9-10-11-12-13-14-15-16-17-18(19)20;1-3-4-5(2,6)7/h2-17H2,1H3,(H,19,20);7H,3-4,6H2,1-2H3. The van der Waals surface area contributed by atoms with Gasteiger partial charge in [-0.25, -0.2) is 0 Å². The summed E-state index contributed by atoms with van der Waals surface area (Å²) in [6, 6.07) is 0. The lowest BCUT2D eigenvalue weighted by Gasteiger charge is -2.14. The zero-order chi connectivity index (χ0) is 20.8. The number of hydrogen-bond acceptors (Lipinski definition) is 3. The fourth-order valence-corrected chi connectivity index (χ4v) is 3.15. The number of nitrogens with two attached hydrogens (primary N) is 1. The lowest BCUT2D eigenvalue weighted by atomic mass is 10.0. The van der Waals surface area contributed by atoms with Crippen LogP contribution in [0, 0.1) is 0 Å². The molecule has 0 aliphatic rings. The first-order valence-corrected chi connectivity index (χ1v) is 11.6. The Bertz CT molecular complexity index is 300. The zero-order valence-electron chi connectivity index (χ0n) is 18.6. The SMILES string of the molecule is CCCC(C)(N)O.CCCCCCCCCCCCCCCCCC(=O)O. The van der Waals surface area contributed by atoms with E-state index in [-0.39, 0.29) is 0 Å². The molecule has 0 aliphatic carbocycles. The third-order valence-electron chi connectivity index (χ3n) is 4.75. The van der Waals surface area contributed by atoms with Crippen molar-refractivity contribution in [1.29, 1.82) is 0 Å². The van der Waals surface area contributed by atoms with Crippen molar-refractivity contribution in [3.8, 4) is 0 Å². The second kappa shape index (κ2) is 21.7. The van der Waals surface area contributed by atoms with Crippen LogP contribution in [0.2, 0.25) is 0 Å². The van der Waals surface area contributed by atoms with Crippen LogP contribution in [-0.2, 0) is 4.79 Å². The molecule has 0 rings (SSSR count). The van der Waals surface area contributed by atoms with Crippen molar-refractivity contribution in [2.75, 3.05) is 0 Å². The first-order chi connectivity index (χ1) is 12.8. The number of unbranched alkanes of at least 4 members (excludes halogenated alkanes) is 14. The number of aliphatic carboxylic acids is 1. The molecule has 27 heavy (non-hydrogen) atoms. The Morgan fingerprint density at radius 1 is 0.704 bits per heavy atom. The molecule has 0 amide bonds. The van der Waals surface area contributed by atoms with E-state index in [0.29, 0.717) is 12.8 Å². The largest absolute Gasteiger partial charge is 0.481 e. The summed E-state index contributed by atoms with van der Waals surface area (Å²) in [5.74, 6) is -0.653. The quantitative estimate of drug-likeness (QED) is 0.179. The van der Waals surface area contributed by atoms with Crippen LogP contribution in [0.3, 0.4) is 0 Å². The molecule has 1 unspecified atom stereocenters. The van der Waals surface area contributed by atoms with E-state index in [4.69, 9.17) is 15.9 Å². The number of aliphatic hydroxyl groups is 1. The van der Waals surface area contributed by atoms with Crippen molar-refractivity contribution in [3.05, 3.63) is 0 Å². The fraction of sp³-hybridized carbons (Fsp3) is 0.957. The average molecular weight is 388 g/mol. The molecule has 4 heteroatoms. The molecule has 4 nitrogen and oxygen atoms in total. The van der Waals surface area contributed by atoms with E-state index < -0.39 is 11.7 Å². The van der Waals surface area contributed by atoms with Crippen molar-refractivity contribution in [2.45, 2.75) is 142 Å². The molecule has 4 N–H and O–H groups in total. The lowest BCUT2D eigenvalue weighted by Crippen LogP contribution is -2.34. The van der Waals surface area contributed by atoms with Crippen molar-refractivity contribution in [2.24, 2.45) is 5.73 Å². The van der Waals surface area contributed by atoms with Gasteiger partial charge in [-0.1, -0.05) is 110 Å². The van der Waals surface area contributed by atoms with E-state index >= 15 is 0 Å². The average Bonchev–Trinajstić information content (AvgIpc) is 2.57. The lowest BCUT2D eigenvalue weighted by molar-refractivity contribution is -0.137. The Morgan fingerprint density at radius 3 is 1.26 bits per heavy atom. The molecular weight excluding hydrogens is 338 g/mol. The highest BCUT2D eigenvalue weighted by molar-refractivity contribution is 5.66. The van der Waals surface area contributed by atoms with Crippen LogP contribution in [0.1, 0.15) is 136 Å². The van der Waals surface area contributed by atoms with E-state index in [1.165, 1.54) is 83.5 Å². The highest BCUT2D eigenvalue weighted by Gasteiger charge is 2.08. The smallest absolute Gasteiger partial charge is 0.303 e. The van der Waals surface area contributed by atoms with Crippen LogP contribution in [0.5, 0.6) is 0 Å². The predicted octanol–water partition coefficient (Wildman–Crippen LogP) is 6.79. The number of hydrogen-bond donors (Lipinski definition) is 3. The Balaban J connectivity index is 0. The van der Waals surface area contributed by atoms with E-state index in [2.05, 4.69) is 6.92 Å². The van der Waals surface area contributed by atoms with Crippen LogP contribution in [0.4, 0.5) is 0 Å². The molecule has 0 saturated carbocycles. The molecule has 0 heterocycles. The van der Waals surface area contributed by atoms with Gasteiger partial charge in [0, 0.05) is 6.42 Å². The Morgan fingerprint density at radius 2 is 1.04 bits per heavy atom. The molecule has 0 aromatic heterocycles. The maximum atomic E-state index is 10.3. The summed E-state index contributed by atoms with van der Waals surface area (Å²) in [7, 11) is 0. The van der Waals surface area contributed by atoms with Crippen LogP contribution in [-0.4, -0.2) is 21.9 Å². The summed E-state index contributed by atoms with van der Waals surface area (Å²) < 4.78 is 0. The number of rotatable bonds is 18. The van der Waals surface area contributed by atoms with Gasteiger partial charge in [-0.05, 0) is 19.8 Å². The molecular formula is C23H49NO3. The molecule has 0 spiro atoms. The van der Waals surface area contributed by atoms with Gasteiger partial charge < -0.3 is 15.9 Å². The molecule has 0 aliphatic heterocycles. The first kappa shape index (κ1) is 28.6. The van der Waals surface area contributed by atoms with Gasteiger partial charge in [-0.3, -0.25) is 4.79 Å². The van der Waals surface area contributed by atoms with Gasteiger partial charge in [-0.15, -0.1) is 0 Å². The van der Waals surface area contributed by atoms with Gasteiger partial charge in [0.05, 0.1) is 0 Å². The fourth-order valence-electron chi connectivity index (χ4n) is 3.15. The normalized spacial score (nSPS) is 12.9.